The zero-order chi connectivity index (χ0) is 23.8. The number of rotatable bonds is 7. The van der Waals surface area contributed by atoms with Crippen molar-refractivity contribution in [2.24, 2.45) is 0 Å². The summed E-state index contributed by atoms with van der Waals surface area (Å²) in [6, 6.07) is 12.3. The Morgan fingerprint density at radius 3 is 2.83 bits per heavy atom. The Kier molecular flexibility index (Phi) is 5.48. The van der Waals surface area contributed by atoms with Gasteiger partial charge in [-0.05, 0) is 66.3 Å². The number of likely N-dealkylation sites (N-methyl/N-ethyl adjacent to an activating group) is 1. The average molecular weight is 482 g/mol. The van der Waals surface area contributed by atoms with Gasteiger partial charge in [0, 0.05) is 35.5 Å². The second kappa shape index (κ2) is 8.94. The van der Waals surface area contributed by atoms with Gasteiger partial charge >= 0.3 is 0 Å². The number of aromatic amines is 2. The molecule has 0 saturated carbocycles. The van der Waals surface area contributed by atoms with Gasteiger partial charge in [0.05, 0.1) is 11.7 Å². The van der Waals surface area contributed by atoms with Crippen LogP contribution in [-0.4, -0.2) is 62.3 Å². The minimum atomic E-state index is 0.608. The molecule has 0 atom stereocenters. The minimum absolute atomic E-state index is 0.608. The van der Waals surface area contributed by atoms with Crippen LogP contribution in [0.5, 0.6) is 5.75 Å². The number of pyridine rings is 2. The molecule has 6 rings (SSSR count). The summed E-state index contributed by atoms with van der Waals surface area (Å²) in [5.41, 5.74) is 7.45. The van der Waals surface area contributed by atoms with Crippen LogP contribution in [0.1, 0.15) is 0 Å². The molecule has 0 aliphatic carbocycles. The molecule has 0 radical (unpaired) electrons. The molecule has 5 aromatic heterocycles. The van der Waals surface area contributed by atoms with Crippen molar-refractivity contribution in [1.82, 2.24) is 35.0 Å². The topological polar surface area (TPSA) is 95.6 Å². The first-order chi connectivity index (χ1) is 17.2. The number of hydrogen-bond acceptors (Lipinski definition) is 7. The van der Waals surface area contributed by atoms with Crippen LogP contribution < -0.4 is 4.74 Å². The fourth-order valence-electron chi connectivity index (χ4n) is 4.05. The zero-order valence-corrected chi connectivity index (χ0v) is 20.1. The number of hydrogen-bond donors (Lipinski definition) is 2. The fourth-order valence-corrected chi connectivity index (χ4v) is 4.71. The predicted molar refractivity (Wildman–Crippen MR) is 140 cm³/mol. The number of imidazole rings is 1. The van der Waals surface area contributed by atoms with E-state index in [1.165, 1.54) is 0 Å². The van der Waals surface area contributed by atoms with Gasteiger partial charge in [0.1, 0.15) is 23.6 Å². The molecule has 0 unspecified atom stereocenters. The summed E-state index contributed by atoms with van der Waals surface area (Å²) in [5, 5.41) is 12.9. The van der Waals surface area contributed by atoms with E-state index in [0.29, 0.717) is 12.4 Å². The maximum Gasteiger partial charge on any atom is 0.160 e. The summed E-state index contributed by atoms with van der Waals surface area (Å²) < 4.78 is 5.88. The lowest BCUT2D eigenvalue weighted by atomic mass is 10.0. The van der Waals surface area contributed by atoms with Crippen LogP contribution in [0.15, 0.2) is 65.7 Å². The third-order valence-electron chi connectivity index (χ3n) is 5.86. The second-order valence-electron chi connectivity index (χ2n) is 8.55. The Morgan fingerprint density at radius 2 is 1.97 bits per heavy atom. The number of nitrogens with zero attached hydrogens (tertiary/aromatic N) is 5. The molecule has 0 aliphatic heterocycles. The van der Waals surface area contributed by atoms with Crippen molar-refractivity contribution in [3.05, 3.63) is 65.7 Å². The molecule has 0 aliphatic rings. The van der Waals surface area contributed by atoms with E-state index < -0.39 is 0 Å². The standard InChI is InChI=1S/C26H23N7OS/c1-33(2)8-9-34-19-11-18(13-27-14-19)16-3-4-22-21(12-16)24(32-31-22)26-29-23-20(17-6-10-35-15-17)5-7-28-25(23)30-26/h3-7,10-15H,8-9H2,1-2H3,(H,31,32)(H,28,29,30). The van der Waals surface area contributed by atoms with Gasteiger partial charge in [-0.2, -0.15) is 16.4 Å². The first-order valence-electron chi connectivity index (χ1n) is 11.2. The molecule has 35 heavy (non-hydrogen) atoms. The first kappa shape index (κ1) is 21.5. The summed E-state index contributed by atoms with van der Waals surface area (Å²) in [6.45, 7) is 1.45. The number of fused-ring (bicyclic) bond motifs is 2. The molecule has 9 heteroatoms. The SMILES string of the molecule is CN(C)CCOc1cncc(-c2ccc3[nH]nc(-c4nc5c(-c6ccsc6)ccnc5[nH]4)c3c2)c1. The van der Waals surface area contributed by atoms with Crippen molar-refractivity contribution in [3.63, 3.8) is 0 Å². The Balaban J connectivity index is 1.38. The summed E-state index contributed by atoms with van der Waals surface area (Å²) >= 11 is 1.66. The van der Waals surface area contributed by atoms with Crippen molar-refractivity contribution < 1.29 is 4.74 Å². The van der Waals surface area contributed by atoms with Crippen molar-refractivity contribution in [1.29, 1.82) is 0 Å². The number of aromatic nitrogens is 6. The molecule has 1 aromatic carbocycles. The second-order valence-corrected chi connectivity index (χ2v) is 9.33. The lowest BCUT2D eigenvalue weighted by Crippen LogP contribution is -2.19. The van der Waals surface area contributed by atoms with Crippen molar-refractivity contribution >= 4 is 33.4 Å². The van der Waals surface area contributed by atoms with E-state index in [9.17, 15) is 0 Å². The van der Waals surface area contributed by atoms with Gasteiger partial charge < -0.3 is 14.6 Å². The van der Waals surface area contributed by atoms with Gasteiger partial charge in [0.25, 0.3) is 0 Å². The van der Waals surface area contributed by atoms with E-state index in [2.05, 4.69) is 59.0 Å². The van der Waals surface area contributed by atoms with Crippen LogP contribution in [-0.2, 0) is 0 Å². The molecule has 0 fully saturated rings. The molecule has 6 aromatic rings. The lowest BCUT2D eigenvalue weighted by Gasteiger charge is -2.11. The molecule has 0 bridgehead atoms. The highest BCUT2D eigenvalue weighted by Crippen LogP contribution is 2.33. The number of thiophene rings is 1. The smallest absolute Gasteiger partial charge is 0.160 e. The molecule has 0 spiro atoms. The van der Waals surface area contributed by atoms with E-state index in [-0.39, 0.29) is 0 Å². The Hall–Kier alpha value is -4.08. The van der Waals surface area contributed by atoms with Gasteiger partial charge in [0.2, 0.25) is 0 Å². The maximum absolute atomic E-state index is 5.88. The van der Waals surface area contributed by atoms with E-state index in [1.54, 1.807) is 23.7 Å². The average Bonchev–Trinajstić information content (AvgIpc) is 3.62. The van der Waals surface area contributed by atoms with E-state index >= 15 is 0 Å². The minimum Gasteiger partial charge on any atom is -0.491 e. The highest BCUT2D eigenvalue weighted by atomic mass is 32.1. The summed E-state index contributed by atoms with van der Waals surface area (Å²) in [7, 11) is 4.05. The van der Waals surface area contributed by atoms with Crippen LogP contribution in [0.2, 0.25) is 0 Å². The number of ether oxygens (including phenoxy) is 1. The predicted octanol–water partition coefficient (Wildman–Crippen LogP) is 5.23. The summed E-state index contributed by atoms with van der Waals surface area (Å²) in [6.07, 6.45) is 5.39. The largest absolute Gasteiger partial charge is 0.491 e. The Labute approximate surface area is 205 Å². The highest BCUT2D eigenvalue weighted by molar-refractivity contribution is 7.08. The summed E-state index contributed by atoms with van der Waals surface area (Å²) in [5.74, 6) is 1.43. The van der Waals surface area contributed by atoms with Crippen LogP contribution in [0.4, 0.5) is 0 Å². The molecular weight excluding hydrogens is 458 g/mol. The highest BCUT2D eigenvalue weighted by Gasteiger charge is 2.16. The Bertz CT molecular complexity index is 1620. The van der Waals surface area contributed by atoms with Crippen molar-refractivity contribution in [2.45, 2.75) is 0 Å². The monoisotopic (exact) mass is 481 g/mol. The Morgan fingerprint density at radius 1 is 1.03 bits per heavy atom. The third kappa shape index (κ3) is 4.16. The van der Waals surface area contributed by atoms with Crippen LogP contribution in [0, 0.1) is 0 Å². The van der Waals surface area contributed by atoms with Gasteiger partial charge in [-0.15, -0.1) is 0 Å². The van der Waals surface area contributed by atoms with Crippen molar-refractivity contribution in [2.75, 3.05) is 27.2 Å². The molecule has 174 valence electrons. The molecule has 5 heterocycles. The number of nitrogens with one attached hydrogen (secondary N) is 2. The van der Waals surface area contributed by atoms with Crippen molar-refractivity contribution in [3.8, 4) is 39.5 Å². The van der Waals surface area contributed by atoms with E-state index in [1.807, 2.05) is 38.5 Å². The normalized spacial score (nSPS) is 11.6. The van der Waals surface area contributed by atoms with Gasteiger partial charge in [-0.3, -0.25) is 10.1 Å². The third-order valence-corrected chi connectivity index (χ3v) is 6.54. The number of benzene rings is 1. The van der Waals surface area contributed by atoms with Gasteiger partial charge in [-0.1, -0.05) is 6.07 Å². The molecule has 8 nitrogen and oxygen atoms in total. The van der Waals surface area contributed by atoms with Crippen LogP contribution in [0.25, 0.3) is 55.8 Å². The zero-order valence-electron chi connectivity index (χ0n) is 19.3. The van der Waals surface area contributed by atoms with Crippen LogP contribution in [0.3, 0.4) is 0 Å². The van der Waals surface area contributed by atoms with E-state index in [0.717, 1.165) is 62.3 Å². The maximum atomic E-state index is 5.88. The van der Waals surface area contributed by atoms with Gasteiger partial charge in [0.15, 0.2) is 11.5 Å². The van der Waals surface area contributed by atoms with Crippen LogP contribution >= 0.6 is 11.3 Å². The molecular formula is C26H23N7OS. The fraction of sp³-hybridized carbons (Fsp3) is 0.154. The summed E-state index contributed by atoms with van der Waals surface area (Å²) in [4.78, 5) is 19.2. The number of H-pyrrole nitrogens is 2. The molecule has 0 saturated heterocycles. The van der Waals surface area contributed by atoms with Gasteiger partial charge in [-0.25, -0.2) is 9.97 Å². The molecule has 2 N–H and O–H groups in total. The first-order valence-corrected chi connectivity index (χ1v) is 12.2. The quantitative estimate of drug-likeness (QED) is 0.324. The molecule has 0 amide bonds. The van der Waals surface area contributed by atoms with E-state index in [4.69, 9.17) is 9.72 Å². The lowest BCUT2D eigenvalue weighted by molar-refractivity contribution is 0.261.